The Morgan fingerprint density at radius 2 is 1.64 bits per heavy atom. The molecule has 5 heteroatoms. The summed E-state index contributed by atoms with van der Waals surface area (Å²) in [4.78, 5) is 19.0. The van der Waals surface area contributed by atoms with Crippen LogP contribution in [0.2, 0.25) is 0 Å². The Hall–Kier alpha value is -1.59. The number of hydrogen-bond acceptors (Lipinski definition) is 4. The number of amides is 1. The van der Waals surface area contributed by atoms with Crippen molar-refractivity contribution in [3.05, 3.63) is 30.3 Å². The van der Waals surface area contributed by atoms with Crippen LogP contribution in [0, 0.1) is 0 Å². The van der Waals surface area contributed by atoms with Crippen molar-refractivity contribution in [2.45, 2.75) is 6.42 Å². The summed E-state index contributed by atoms with van der Waals surface area (Å²) >= 11 is 0. The zero-order chi connectivity index (χ0) is 15.2. The first-order chi connectivity index (χ1) is 10.8. The second-order valence-corrected chi connectivity index (χ2v) is 5.91. The van der Waals surface area contributed by atoms with Crippen molar-refractivity contribution in [1.82, 2.24) is 9.80 Å². The minimum absolute atomic E-state index is 0.291. The van der Waals surface area contributed by atoms with Crippen LogP contribution in [0.3, 0.4) is 0 Å². The lowest BCUT2D eigenvalue weighted by molar-refractivity contribution is -0.132. The monoisotopic (exact) mass is 303 g/mol. The first-order valence-electron chi connectivity index (χ1n) is 8.21. The van der Waals surface area contributed by atoms with Crippen LogP contribution in [0.4, 0.5) is 5.69 Å². The summed E-state index contributed by atoms with van der Waals surface area (Å²) in [5, 5.41) is 0. The lowest BCUT2D eigenvalue weighted by Gasteiger charge is -2.36. The molecule has 0 saturated carbocycles. The van der Waals surface area contributed by atoms with Gasteiger partial charge in [-0.3, -0.25) is 9.69 Å². The molecule has 0 aromatic heterocycles. The van der Waals surface area contributed by atoms with E-state index in [1.54, 1.807) is 0 Å². The number of carbonyl (C=O) groups is 1. The highest BCUT2D eigenvalue weighted by Gasteiger charge is 2.21. The molecule has 2 saturated heterocycles. The number of rotatable bonds is 4. The number of hydrogen-bond donors (Lipinski definition) is 0. The van der Waals surface area contributed by atoms with Crippen LogP contribution in [0.1, 0.15) is 6.42 Å². The zero-order valence-electron chi connectivity index (χ0n) is 13.1. The second kappa shape index (κ2) is 7.61. The van der Waals surface area contributed by atoms with E-state index in [0.29, 0.717) is 12.3 Å². The number of benzene rings is 1. The van der Waals surface area contributed by atoms with Crippen molar-refractivity contribution >= 4 is 11.6 Å². The summed E-state index contributed by atoms with van der Waals surface area (Å²) in [5.74, 6) is 0.291. The smallest absolute Gasteiger partial charge is 0.223 e. The van der Waals surface area contributed by atoms with Gasteiger partial charge in [0.2, 0.25) is 5.91 Å². The fourth-order valence-electron chi connectivity index (χ4n) is 3.09. The Morgan fingerprint density at radius 3 is 2.32 bits per heavy atom. The van der Waals surface area contributed by atoms with E-state index < -0.39 is 0 Å². The molecule has 0 aliphatic carbocycles. The van der Waals surface area contributed by atoms with Crippen molar-refractivity contribution in [2.24, 2.45) is 0 Å². The maximum Gasteiger partial charge on any atom is 0.223 e. The predicted octanol–water partition coefficient (Wildman–Crippen LogP) is 1.06. The molecule has 1 aromatic carbocycles. The number of anilines is 1. The highest BCUT2D eigenvalue weighted by Crippen LogP contribution is 2.16. The van der Waals surface area contributed by atoms with Gasteiger partial charge in [-0.15, -0.1) is 0 Å². The van der Waals surface area contributed by atoms with E-state index in [2.05, 4.69) is 34.1 Å². The normalized spacial score (nSPS) is 20.2. The molecule has 2 aliphatic rings. The number of carbonyl (C=O) groups excluding carboxylic acids is 1. The van der Waals surface area contributed by atoms with Crippen LogP contribution in [0.15, 0.2) is 30.3 Å². The van der Waals surface area contributed by atoms with Gasteiger partial charge in [0.25, 0.3) is 0 Å². The van der Waals surface area contributed by atoms with Crippen molar-refractivity contribution in [3.8, 4) is 0 Å². The zero-order valence-corrected chi connectivity index (χ0v) is 13.1. The molecule has 0 radical (unpaired) electrons. The first-order valence-corrected chi connectivity index (χ1v) is 8.21. The van der Waals surface area contributed by atoms with E-state index in [1.165, 1.54) is 5.69 Å². The number of para-hydroxylation sites is 1. The number of piperazine rings is 1. The molecule has 0 bridgehead atoms. The summed E-state index contributed by atoms with van der Waals surface area (Å²) in [5.41, 5.74) is 1.25. The van der Waals surface area contributed by atoms with Crippen LogP contribution in [-0.4, -0.2) is 74.7 Å². The molecule has 3 rings (SSSR count). The number of morpholine rings is 1. The molecule has 1 aromatic rings. The van der Waals surface area contributed by atoms with Gasteiger partial charge in [-0.2, -0.15) is 0 Å². The highest BCUT2D eigenvalue weighted by atomic mass is 16.5. The van der Waals surface area contributed by atoms with Gasteiger partial charge >= 0.3 is 0 Å². The second-order valence-electron chi connectivity index (χ2n) is 5.91. The van der Waals surface area contributed by atoms with Gasteiger partial charge in [-0.25, -0.2) is 0 Å². The average molecular weight is 303 g/mol. The van der Waals surface area contributed by atoms with E-state index in [-0.39, 0.29) is 0 Å². The van der Waals surface area contributed by atoms with Crippen molar-refractivity contribution in [1.29, 1.82) is 0 Å². The summed E-state index contributed by atoms with van der Waals surface area (Å²) in [7, 11) is 0. The summed E-state index contributed by atoms with van der Waals surface area (Å²) in [6.07, 6.45) is 0.630. The topological polar surface area (TPSA) is 36.0 Å². The molecule has 0 atom stereocenters. The molecular formula is C17H25N3O2. The van der Waals surface area contributed by atoms with E-state index in [4.69, 9.17) is 4.74 Å². The van der Waals surface area contributed by atoms with Gasteiger partial charge in [-0.1, -0.05) is 18.2 Å². The minimum Gasteiger partial charge on any atom is -0.379 e. The van der Waals surface area contributed by atoms with Crippen molar-refractivity contribution in [2.75, 3.05) is 63.9 Å². The lowest BCUT2D eigenvalue weighted by Crippen LogP contribution is -2.49. The quantitative estimate of drug-likeness (QED) is 0.833. The number of nitrogens with zero attached hydrogens (tertiary/aromatic N) is 3. The third-order valence-corrected chi connectivity index (χ3v) is 4.50. The van der Waals surface area contributed by atoms with Crippen LogP contribution in [-0.2, 0) is 9.53 Å². The fourth-order valence-corrected chi connectivity index (χ4v) is 3.09. The van der Waals surface area contributed by atoms with Crippen LogP contribution >= 0.6 is 0 Å². The predicted molar refractivity (Wildman–Crippen MR) is 87.1 cm³/mol. The standard InChI is InChI=1S/C17H25N3O2/c21-17(6-7-18-12-14-22-15-13-18)20-10-8-19(9-11-20)16-4-2-1-3-5-16/h1-5H,6-15H2. The maximum absolute atomic E-state index is 12.3. The van der Waals surface area contributed by atoms with Crippen LogP contribution in [0.5, 0.6) is 0 Å². The molecule has 120 valence electrons. The van der Waals surface area contributed by atoms with Gasteiger partial charge in [0.1, 0.15) is 0 Å². The third kappa shape index (κ3) is 3.99. The average Bonchev–Trinajstić information content (AvgIpc) is 2.61. The van der Waals surface area contributed by atoms with Gasteiger partial charge in [0, 0.05) is 57.9 Å². The molecule has 2 heterocycles. The molecular weight excluding hydrogens is 278 g/mol. The summed E-state index contributed by atoms with van der Waals surface area (Å²) in [6.45, 7) is 7.87. The molecule has 22 heavy (non-hydrogen) atoms. The van der Waals surface area contributed by atoms with Crippen molar-refractivity contribution < 1.29 is 9.53 Å². The SMILES string of the molecule is O=C(CCN1CCOCC1)N1CCN(c2ccccc2)CC1. The van der Waals surface area contributed by atoms with Gasteiger partial charge in [-0.05, 0) is 12.1 Å². The lowest BCUT2D eigenvalue weighted by atomic mass is 10.2. The molecule has 1 amide bonds. The fraction of sp³-hybridized carbons (Fsp3) is 0.588. The highest BCUT2D eigenvalue weighted by molar-refractivity contribution is 5.76. The molecule has 5 nitrogen and oxygen atoms in total. The van der Waals surface area contributed by atoms with E-state index in [9.17, 15) is 4.79 Å². The molecule has 0 unspecified atom stereocenters. The maximum atomic E-state index is 12.3. The van der Waals surface area contributed by atoms with E-state index in [0.717, 1.165) is 59.0 Å². The van der Waals surface area contributed by atoms with E-state index >= 15 is 0 Å². The largest absolute Gasteiger partial charge is 0.379 e. The Bertz CT molecular complexity index is 466. The molecule has 2 aliphatic heterocycles. The number of ether oxygens (including phenoxy) is 1. The van der Waals surface area contributed by atoms with Gasteiger partial charge in [0.15, 0.2) is 0 Å². The van der Waals surface area contributed by atoms with Gasteiger partial charge in [0.05, 0.1) is 13.2 Å². The Morgan fingerprint density at radius 1 is 0.955 bits per heavy atom. The summed E-state index contributed by atoms with van der Waals surface area (Å²) in [6, 6.07) is 10.4. The van der Waals surface area contributed by atoms with Gasteiger partial charge < -0.3 is 14.5 Å². The molecule has 0 spiro atoms. The van der Waals surface area contributed by atoms with Crippen LogP contribution in [0.25, 0.3) is 0 Å². The molecule has 0 N–H and O–H groups in total. The Labute approximate surface area is 132 Å². The van der Waals surface area contributed by atoms with E-state index in [1.807, 2.05) is 11.0 Å². The third-order valence-electron chi connectivity index (χ3n) is 4.50. The summed E-state index contributed by atoms with van der Waals surface area (Å²) < 4.78 is 5.33. The Kier molecular flexibility index (Phi) is 5.29. The molecule has 2 fully saturated rings. The minimum atomic E-state index is 0.291. The first kappa shape index (κ1) is 15.3. The Balaban J connectivity index is 1.41. The van der Waals surface area contributed by atoms with Crippen molar-refractivity contribution in [3.63, 3.8) is 0 Å². The van der Waals surface area contributed by atoms with Crippen LogP contribution < -0.4 is 4.90 Å².